The number of carbonyl (C=O) groups is 2. The number of hydrogen-bond acceptors (Lipinski definition) is 5. The molecular formula is C18H17Cl2NO5. The van der Waals surface area contributed by atoms with Crippen molar-refractivity contribution in [3.8, 4) is 11.5 Å². The zero-order valence-electron chi connectivity index (χ0n) is 14.0. The molecule has 0 aliphatic heterocycles. The van der Waals surface area contributed by atoms with Crippen molar-refractivity contribution < 1.29 is 23.8 Å². The van der Waals surface area contributed by atoms with Crippen LogP contribution in [0.25, 0.3) is 0 Å². The summed E-state index contributed by atoms with van der Waals surface area (Å²) in [5.74, 6) is -0.237. The van der Waals surface area contributed by atoms with E-state index in [4.69, 9.17) is 37.4 Å². The summed E-state index contributed by atoms with van der Waals surface area (Å²) in [5.41, 5.74) is 0.447. The van der Waals surface area contributed by atoms with E-state index in [1.807, 2.05) is 6.92 Å². The van der Waals surface area contributed by atoms with Crippen molar-refractivity contribution in [2.45, 2.75) is 6.92 Å². The lowest BCUT2D eigenvalue weighted by atomic mass is 10.3. The van der Waals surface area contributed by atoms with Crippen LogP contribution in [0.3, 0.4) is 0 Å². The minimum Gasteiger partial charge on any atom is -0.490 e. The van der Waals surface area contributed by atoms with Crippen molar-refractivity contribution in [3.63, 3.8) is 0 Å². The molecule has 2 aromatic carbocycles. The van der Waals surface area contributed by atoms with Crippen molar-refractivity contribution in [2.75, 3.05) is 25.1 Å². The third-order valence-electron chi connectivity index (χ3n) is 3.06. The van der Waals surface area contributed by atoms with Crippen LogP contribution in [0.4, 0.5) is 5.69 Å². The first-order valence-electron chi connectivity index (χ1n) is 7.74. The first-order chi connectivity index (χ1) is 12.5. The summed E-state index contributed by atoms with van der Waals surface area (Å²) in [6.07, 6.45) is 0. The van der Waals surface area contributed by atoms with Gasteiger partial charge in [-0.2, -0.15) is 0 Å². The molecule has 0 unspecified atom stereocenters. The first kappa shape index (κ1) is 19.9. The molecule has 8 heteroatoms. The number of para-hydroxylation sites is 2. The van der Waals surface area contributed by atoms with Gasteiger partial charge in [-0.25, -0.2) is 4.79 Å². The number of benzene rings is 2. The number of rotatable bonds is 8. The third-order valence-corrected chi connectivity index (χ3v) is 3.80. The predicted octanol–water partition coefficient (Wildman–Crippen LogP) is 3.95. The van der Waals surface area contributed by atoms with Gasteiger partial charge in [-0.3, -0.25) is 4.79 Å². The van der Waals surface area contributed by atoms with Crippen LogP contribution in [0.15, 0.2) is 42.5 Å². The second-order valence-electron chi connectivity index (χ2n) is 5.01. The Hall–Kier alpha value is -2.44. The molecule has 0 bridgehead atoms. The number of amides is 1. The lowest BCUT2D eigenvalue weighted by molar-refractivity contribution is -0.149. The zero-order valence-corrected chi connectivity index (χ0v) is 15.5. The Balaban J connectivity index is 1.78. The van der Waals surface area contributed by atoms with E-state index in [9.17, 15) is 9.59 Å². The summed E-state index contributed by atoms with van der Waals surface area (Å²) in [6, 6.07) is 11.6. The predicted molar refractivity (Wildman–Crippen MR) is 99.2 cm³/mol. The molecule has 0 radical (unpaired) electrons. The van der Waals surface area contributed by atoms with Crippen LogP contribution in [0.5, 0.6) is 11.5 Å². The van der Waals surface area contributed by atoms with Crippen LogP contribution >= 0.6 is 23.2 Å². The molecule has 2 aromatic rings. The van der Waals surface area contributed by atoms with Crippen LogP contribution in [0, 0.1) is 0 Å². The van der Waals surface area contributed by atoms with Gasteiger partial charge in [-0.15, -0.1) is 0 Å². The zero-order chi connectivity index (χ0) is 18.9. The molecule has 0 aromatic heterocycles. The van der Waals surface area contributed by atoms with Gasteiger partial charge in [0.25, 0.3) is 5.91 Å². The second-order valence-corrected chi connectivity index (χ2v) is 5.82. The van der Waals surface area contributed by atoms with Crippen molar-refractivity contribution in [1.82, 2.24) is 0 Å². The Kier molecular flexibility index (Phi) is 7.56. The number of carbonyl (C=O) groups excluding carboxylic acids is 2. The average Bonchev–Trinajstić information content (AvgIpc) is 2.62. The van der Waals surface area contributed by atoms with E-state index < -0.39 is 18.5 Å². The van der Waals surface area contributed by atoms with E-state index in [1.165, 1.54) is 6.07 Å². The maximum atomic E-state index is 11.8. The number of anilines is 1. The number of halogens is 2. The molecule has 6 nitrogen and oxygen atoms in total. The third kappa shape index (κ3) is 6.13. The number of esters is 1. The van der Waals surface area contributed by atoms with Gasteiger partial charge in [0.2, 0.25) is 0 Å². The van der Waals surface area contributed by atoms with Crippen LogP contribution in [-0.4, -0.2) is 31.7 Å². The quantitative estimate of drug-likeness (QED) is 0.682. The highest BCUT2D eigenvalue weighted by molar-refractivity contribution is 6.42. The Bertz CT molecular complexity index is 782. The second kappa shape index (κ2) is 9.89. The highest BCUT2D eigenvalue weighted by Gasteiger charge is 2.11. The molecule has 0 saturated carbocycles. The molecule has 2 rings (SSSR count). The van der Waals surface area contributed by atoms with Gasteiger partial charge in [0.1, 0.15) is 0 Å². The van der Waals surface area contributed by atoms with Crippen molar-refractivity contribution in [1.29, 1.82) is 0 Å². The standard InChI is InChI=1S/C18H17Cl2NO5/c1-2-24-15-5-3-4-6-16(15)25-11-18(23)26-10-17(22)21-12-7-8-13(19)14(20)9-12/h3-9H,2,10-11H2,1H3,(H,21,22). The Morgan fingerprint density at radius 1 is 0.962 bits per heavy atom. The lowest BCUT2D eigenvalue weighted by Crippen LogP contribution is -2.23. The Labute approximate surface area is 160 Å². The number of ether oxygens (including phenoxy) is 3. The molecule has 1 amide bonds. The van der Waals surface area contributed by atoms with Gasteiger partial charge in [0.05, 0.1) is 16.7 Å². The molecule has 0 heterocycles. The minimum atomic E-state index is -0.680. The van der Waals surface area contributed by atoms with Crippen LogP contribution < -0.4 is 14.8 Å². The van der Waals surface area contributed by atoms with Crippen molar-refractivity contribution >= 4 is 40.8 Å². The number of nitrogens with one attached hydrogen (secondary N) is 1. The molecule has 138 valence electrons. The molecule has 0 fully saturated rings. The van der Waals surface area contributed by atoms with Crippen LogP contribution in [-0.2, 0) is 14.3 Å². The molecule has 0 saturated heterocycles. The molecule has 0 spiro atoms. The summed E-state index contributed by atoms with van der Waals surface area (Å²) < 4.78 is 15.6. The van der Waals surface area contributed by atoms with Crippen molar-refractivity contribution in [3.05, 3.63) is 52.5 Å². The Morgan fingerprint density at radius 3 is 2.31 bits per heavy atom. The summed E-state index contributed by atoms with van der Waals surface area (Å²) in [5, 5.41) is 3.23. The van der Waals surface area contributed by atoms with E-state index >= 15 is 0 Å². The molecule has 1 N–H and O–H groups in total. The van der Waals surface area contributed by atoms with Gasteiger partial charge in [0, 0.05) is 5.69 Å². The van der Waals surface area contributed by atoms with Gasteiger partial charge in [-0.05, 0) is 37.3 Å². The average molecular weight is 398 g/mol. The normalized spacial score (nSPS) is 10.1. The highest BCUT2D eigenvalue weighted by Crippen LogP contribution is 2.26. The lowest BCUT2D eigenvalue weighted by Gasteiger charge is -2.11. The fraction of sp³-hybridized carbons (Fsp3) is 0.222. The molecule has 0 aliphatic rings. The van der Waals surface area contributed by atoms with Crippen LogP contribution in [0.1, 0.15) is 6.92 Å². The maximum Gasteiger partial charge on any atom is 0.344 e. The van der Waals surface area contributed by atoms with E-state index in [1.54, 1.807) is 36.4 Å². The smallest absolute Gasteiger partial charge is 0.344 e. The maximum absolute atomic E-state index is 11.8. The van der Waals surface area contributed by atoms with Gasteiger partial charge < -0.3 is 19.5 Å². The first-order valence-corrected chi connectivity index (χ1v) is 8.50. The molecule has 26 heavy (non-hydrogen) atoms. The fourth-order valence-corrected chi connectivity index (χ4v) is 2.24. The van der Waals surface area contributed by atoms with E-state index in [0.29, 0.717) is 33.8 Å². The SMILES string of the molecule is CCOc1ccccc1OCC(=O)OCC(=O)Nc1ccc(Cl)c(Cl)c1. The number of hydrogen-bond donors (Lipinski definition) is 1. The van der Waals surface area contributed by atoms with E-state index in [2.05, 4.69) is 5.32 Å². The van der Waals surface area contributed by atoms with E-state index in [-0.39, 0.29) is 6.61 Å². The minimum absolute atomic E-state index is 0.308. The highest BCUT2D eigenvalue weighted by atomic mass is 35.5. The molecular weight excluding hydrogens is 381 g/mol. The monoisotopic (exact) mass is 397 g/mol. The van der Waals surface area contributed by atoms with Gasteiger partial charge in [0.15, 0.2) is 24.7 Å². The summed E-state index contributed by atoms with van der Waals surface area (Å²) in [6.45, 7) is 1.52. The topological polar surface area (TPSA) is 73.9 Å². The summed E-state index contributed by atoms with van der Waals surface area (Å²) in [7, 11) is 0. The molecule has 0 aliphatic carbocycles. The largest absolute Gasteiger partial charge is 0.490 e. The van der Waals surface area contributed by atoms with Gasteiger partial charge >= 0.3 is 5.97 Å². The summed E-state index contributed by atoms with van der Waals surface area (Å²) in [4.78, 5) is 23.5. The van der Waals surface area contributed by atoms with Crippen molar-refractivity contribution in [2.24, 2.45) is 0 Å². The summed E-state index contributed by atoms with van der Waals surface area (Å²) >= 11 is 11.7. The van der Waals surface area contributed by atoms with Crippen LogP contribution in [0.2, 0.25) is 10.0 Å². The Morgan fingerprint density at radius 2 is 1.65 bits per heavy atom. The molecule has 0 atom stereocenters. The van der Waals surface area contributed by atoms with Gasteiger partial charge in [-0.1, -0.05) is 35.3 Å². The van der Waals surface area contributed by atoms with E-state index in [0.717, 1.165) is 0 Å². The fourth-order valence-electron chi connectivity index (χ4n) is 1.94.